The maximum Gasteiger partial charge on any atom is 0.255 e. The number of hydrogen-bond acceptors (Lipinski definition) is 2. The van der Waals surface area contributed by atoms with Crippen LogP contribution in [0.2, 0.25) is 0 Å². The Morgan fingerprint density at radius 1 is 0.864 bits per heavy atom. The van der Waals surface area contributed by atoms with Gasteiger partial charge in [0.2, 0.25) is 0 Å². The first-order valence-corrected chi connectivity index (χ1v) is 7.25. The molecule has 0 aliphatic carbocycles. The van der Waals surface area contributed by atoms with E-state index in [1.54, 1.807) is 24.3 Å². The number of hydrogen-bond donors (Lipinski definition) is 2. The second-order valence-corrected chi connectivity index (χ2v) is 5.36. The molecule has 0 aliphatic rings. The van der Waals surface area contributed by atoms with Crippen LogP contribution in [0.1, 0.15) is 15.9 Å². The molecule has 0 unspecified atom stereocenters. The molecule has 0 radical (unpaired) electrons. The molecular weight excluding hydrogens is 292 g/mol. The first-order chi connectivity index (χ1) is 10.6. The molecule has 0 heterocycles. The number of amides is 1. The molecule has 0 saturated heterocycles. The molecule has 22 heavy (non-hydrogen) atoms. The van der Waals surface area contributed by atoms with Crippen LogP contribution >= 0.6 is 12.2 Å². The van der Waals surface area contributed by atoms with E-state index in [1.165, 1.54) is 0 Å². The summed E-state index contributed by atoms with van der Waals surface area (Å²) in [4.78, 5) is 12.7. The zero-order valence-corrected chi connectivity index (χ0v) is 12.6. The van der Waals surface area contributed by atoms with Crippen LogP contribution < -0.4 is 11.1 Å². The van der Waals surface area contributed by atoms with Crippen molar-refractivity contribution in [1.82, 2.24) is 0 Å². The van der Waals surface area contributed by atoms with Crippen molar-refractivity contribution in [2.75, 3.05) is 5.32 Å². The summed E-state index contributed by atoms with van der Waals surface area (Å²) >= 11 is 4.91. The Bertz CT molecular complexity index is 851. The molecular formula is C18H14N2OS. The average Bonchev–Trinajstić information content (AvgIpc) is 2.55. The van der Waals surface area contributed by atoms with Crippen LogP contribution in [0.3, 0.4) is 0 Å². The fourth-order valence-electron chi connectivity index (χ4n) is 2.31. The van der Waals surface area contributed by atoms with Crippen LogP contribution in [0.15, 0.2) is 66.7 Å². The number of carbonyl (C=O) groups excluding carboxylic acids is 1. The Hall–Kier alpha value is -2.72. The van der Waals surface area contributed by atoms with Crippen LogP contribution in [0.25, 0.3) is 10.8 Å². The van der Waals surface area contributed by atoms with Gasteiger partial charge < -0.3 is 11.1 Å². The van der Waals surface area contributed by atoms with E-state index in [1.807, 2.05) is 42.5 Å². The first kappa shape index (κ1) is 14.2. The summed E-state index contributed by atoms with van der Waals surface area (Å²) in [5, 5.41) is 5.05. The zero-order valence-electron chi connectivity index (χ0n) is 11.7. The summed E-state index contributed by atoms with van der Waals surface area (Å²) in [5.41, 5.74) is 7.66. The number of fused-ring (bicyclic) bond motifs is 1. The second kappa shape index (κ2) is 5.95. The van der Waals surface area contributed by atoms with E-state index in [9.17, 15) is 4.79 Å². The molecule has 3 nitrogen and oxygen atoms in total. The quantitative estimate of drug-likeness (QED) is 0.725. The third kappa shape index (κ3) is 2.82. The van der Waals surface area contributed by atoms with Crippen LogP contribution in [-0.2, 0) is 0 Å². The van der Waals surface area contributed by atoms with E-state index in [4.69, 9.17) is 18.0 Å². The number of nitrogens with two attached hydrogens (primary N) is 1. The van der Waals surface area contributed by atoms with E-state index < -0.39 is 0 Å². The molecule has 1 amide bonds. The molecule has 0 fully saturated rings. The largest absolute Gasteiger partial charge is 0.389 e. The molecule has 0 bridgehead atoms. The minimum absolute atomic E-state index is 0.161. The normalized spacial score (nSPS) is 10.4. The molecule has 3 aromatic carbocycles. The third-order valence-electron chi connectivity index (χ3n) is 3.47. The van der Waals surface area contributed by atoms with Gasteiger partial charge in [0.15, 0.2) is 0 Å². The molecule has 0 spiro atoms. The highest BCUT2D eigenvalue weighted by atomic mass is 32.1. The van der Waals surface area contributed by atoms with Gasteiger partial charge in [-0.05, 0) is 23.6 Å². The Balaban J connectivity index is 1.88. The maximum atomic E-state index is 12.4. The van der Waals surface area contributed by atoms with Crippen LogP contribution in [0.4, 0.5) is 5.69 Å². The Kier molecular flexibility index (Phi) is 3.85. The average molecular weight is 306 g/mol. The van der Waals surface area contributed by atoms with Crippen molar-refractivity contribution >= 4 is 39.6 Å². The van der Waals surface area contributed by atoms with Gasteiger partial charge in [-0.2, -0.15) is 0 Å². The third-order valence-corrected chi connectivity index (χ3v) is 3.71. The van der Waals surface area contributed by atoms with Gasteiger partial charge in [0.25, 0.3) is 5.91 Å². The molecule has 4 heteroatoms. The van der Waals surface area contributed by atoms with Crippen molar-refractivity contribution in [2.24, 2.45) is 5.73 Å². The molecule has 0 saturated carbocycles. The van der Waals surface area contributed by atoms with Crippen molar-refractivity contribution in [1.29, 1.82) is 0 Å². The summed E-state index contributed by atoms with van der Waals surface area (Å²) in [7, 11) is 0. The summed E-state index contributed by atoms with van der Waals surface area (Å²) in [6.07, 6.45) is 0. The molecule has 3 rings (SSSR count). The van der Waals surface area contributed by atoms with Crippen molar-refractivity contribution < 1.29 is 4.79 Å². The standard InChI is InChI=1S/C18H14N2OS/c19-17(22)13-8-10-14(11-9-13)18(21)20-16-7-3-5-12-4-1-2-6-15(12)16/h1-11H,(H2,19,22)(H,20,21). The molecule has 3 N–H and O–H groups in total. The van der Waals surface area contributed by atoms with E-state index in [2.05, 4.69) is 5.32 Å². The van der Waals surface area contributed by atoms with Crippen molar-refractivity contribution in [3.05, 3.63) is 77.9 Å². The SMILES string of the molecule is NC(=S)c1ccc(C(=O)Nc2cccc3ccccc23)cc1. The number of benzene rings is 3. The van der Waals surface area contributed by atoms with Crippen LogP contribution in [0.5, 0.6) is 0 Å². The van der Waals surface area contributed by atoms with Gasteiger partial charge >= 0.3 is 0 Å². The van der Waals surface area contributed by atoms with E-state index in [-0.39, 0.29) is 5.91 Å². The maximum absolute atomic E-state index is 12.4. The molecule has 0 atom stereocenters. The number of rotatable bonds is 3. The lowest BCUT2D eigenvalue weighted by Crippen LogP contribution is -2.13. The summed E-state index contributed by atoms with van der Waals surface area (Å²) in [5.74, 6) is -0.161. The van der Waals surface area contributed by atoms with Crippen molar-refractivity contribution in [2.45, 2.75) is 0 Å². The van der Waals surface area contributed by atoms with Gasteiger partial charge in [0, 0.05) is 22.2 Å². The Labute approximate surface area is 133 Å². The van der Waals surface area contributed by atoms with E-state index >= 15 is 0 Å². The lowest BCUT2D eigenvalue weighted by Gasteiger charge is -2.09. The smallest absolute Gasteiger partial charge is 0.255 e. The molecule has 0 aromatic heterocycles. The summed E-state index contributed by atoms with van der Waals surface area (Å²) < 4.78 is 0. The van der Waals surface area contributed by atoms with Gasteiger partial charge in [-0.25, -0.2) is 0 Å². The lowest BCUT2D eigenvalue weighted by atomic mass is 10.1. The monoisotopic (exact) mass is 306 g/mol. The van der Waals surface area contributed by atoms with Crippen LogP contribution in [-0.4, -0.2) is 10.9 Å². The summed E-state index contributed by atoms with van der Waals surface area (Å²) in [6, 6.07) is 20.7. The second-order valence-electron chi connectivity index (χ2n) is 4.92. The molecule has 0 aliphatic heterocycles. The number of anilines is 1. The minimum Gasteiger partial charge on any atom is -0.389 e. The number of thiocarbonyl (C=S) groups is 1. The van der Waals surface area contributed by atoms with E-state index in [0.29, 0.717) is 10.6 Å². The Morgan fingerprint density at radius 2 is 1.50 bits per heavy atom. The van der Waals surface area contributed by atoms with Crippen molar-refractivity contribution in [3.63, 3.8) is 0 Å². The van der Waals surface area contributed by atoms with Gasteiger partial charge in [0.1, 0.15) is 4.99 Å². The number of nitrogens with one attached hydrogen (secondary N) is 1. The van der Waals surface area contributed by atoms with Gasteiger partial charge in [-0.15, -0.1) is 0 Å². The van der Waals surface area contributed by atoms with Gasteiger partial charge in [0.05, 0.1) is 0 Å². The highest BCUT2D eigenvalue weighted by molar-refractivity contribution is 7.80. The fourth-order valence-corrected chi connectivity index (χ4v) is 2.45. The summed E-state index contributed by atoms with van der Waals surface area (Å²) in [6.45, 7) is 0. The predicted molar refractivity (Wildman–Crippen MR) is 94.2 cm³/mol. The van der Waals surface area contributed by atoms with Gasteiger partial charge in [-0.3, -0.25) is 4.79 Å². The highest BCUT2D eigenvalue weighted by Gasteiger charge is 2.08. The zero-order chi connectivity index (χ0) is 15.5. The molecule has 3 aromatic rings. The van der Waals surface area contributed by atoms with Crippen molar-refractivity contribution in [3.8, 4) is 0 Å². The molecule has 108 valence electrons. The Morgan fingerprint density at radius 3 is 2.23 bits per heavy atom. The first-order valence-electron chi connectivity index (χ1n) is 6.84. The predicted octanol–water partition coefficient (Wildman–Crippen LogP) is 3.73. The topological polar surface area (TPSA) is 55.1 Å². The highest BCUT2D eigenvalue weighted by Crippen LogP contribution is 2.23. The minimum atomic E-state index is -0.161. The van der Waals surface area contributed by atoms with Gasteiger partial charge in [-0.1, -0.05) is 60.7 Å². The number of carbonyl (C=O) groups is 1. The lowest BCUT2D eigenvalue weighted by molar-refractivity contribution is 0.102. The van der Waals surface area contributed by atoms with Crippen LogP contribution in [0, 0.1) is 0 Å². The van der Waals surface area contributed by atoms with E-state index in [0.717, 1.165) is 22.0 Å². The fraction of sp³-hybridized carbons (Fsp3) is 0.